The Morgan fingerprint density at radius 2 is 2.04 bits per heavy atom. The minimum absolute atomic E-state index is 0. The summed E-state index contributed by atoms with van der Waals surface area (Å²) in [7, 11) is 0. The van der Waals surface area contributed by atoms with Crippen LogP contribution in [0.4, 0.5) is 0 Å². The first-order valence-electron chi connectivity index (χ1n) is 8.26. The Bertz CT molecular complexity index is 562. The fraction of sp³-hybridized carbons (Fsp3) is 0.611. The van der Waals surface area contributed by atoms with Crippen molar-refractivity contribution in [3.8, 4) is 0 Å². The third-order valence-corrected chi connectivity index (χ3v) is 5.10. The van der Waals surface area contributed by atoms with Gasteiger partial charge in [0.25, 0.3) is 0 Å². The maximum absolute atomic E-state index is 12.5. The molecule has 1 aromatic carbocycles. The molecule has 0 bridgehead atoms. The minimum atomic E-state index is -0.337. The lowest BCUT2D eigenvalue weighted by atomic mass is 9.71. The van der Waals surface area contributed by atoms with Crippen molar-refractivity contribution in [1.29, 1.82) is 0 Å². The van der Waals surface area contributed by atoms with Crippen molar-refractivity contribution < 1.29 is 9.53 Å². The highest BCUT2D eigenvalue weighted by atomic mass is 35.5. The lowest BCUT2D eigenvalue weighted by Crippen LogP contribution is -2.40. The van der Waals surface area contributed by atoms with Crippen molar-refractivity contribution in [1.82, 2.24) is 5.32 Å². The number of nitrogens with one attached hydrogen (secondary N) is 1. The number of amides is 1. The second-order valence-corrected chi connectivity index (χ2v) is 7.13. The van der Waals surface area contributed by atoms with Crippen molar-refractivity contribution in [3.63, 3.8) is 0 Å². The molecule has 0 aromatic heterocycles. The average molecular weight is 339 g/mol. The fourth-order valence-corrected chi connectivity index (χ4v) is 3.70. The van der Waals surface area contributed by atoms with Crippen LogP contribution in [0.1, 0.15) is 56.7 Å². The molecule has 0 spiro atoms. The highest BCUT2D eigenvalue weighted by Crippen LogP contribution is 2.41. The van der Waals surface area contributed by atoms with E-state index in [2.05, 4.69) is 43.4 Å². The SMILES string of the molecule is CC1(C)CCC(NC(=O)[C@@H]2CC[C@H](CN)O2)c2ccccc21.Cl. The molecule has 128 valence electrons. The summed E-state index contributed by atoms with van der Waals surface area (Å²) in [6, 6.07) is 8.55. The van der Waals surface area contributed by atoms with Crippen LogP contribution >= 0.6 is 12.4 Å². The van der Waals surface area contributed by atoms with Gasteiger partial charge in [-0.05, 0) is 42.2 Å². The monoisotopic (exact) mass is 338 g/mol. The van der Waals surface area contributed by atoms with Crippen LogP contribution in [0.15, 0.2) is 24.3 Å². The Hall–Kier alpha value is -1.10. The highest BCUT2D eigenvalue weighted by molar-refractivity contribution is 5.85. The van der Waals surface area contributed by atoms with E-state index in [0.717, 1.165) is 25.7 Å². The second kappa shape index (κ2) is 7.20. The number of hydrogen-bond acceptors (Lipinski definition) is 3. The van der Waals surface area contributed by atoms with Gasteiger partial charge in [-0.15, -0.1) is 12.4 Å². The smallest absolute Gasteiger partial charge is 0.249 e. The molecule has 1 fully saturated rings. The molecular weight excluding hydrogens is 312 g/mol. The van der Waals surface area contributed by atoms with Gasteiger partial charge in [0.1, 0.15) is 6.10 Å². The molecule has 5 heteroatoms. The molecule has 3 rings (SSSR count). The second-order valence-electron chi connectivity index (χ2n) is 7.13. The number of hydrogen-bond donors (Lipinski definition) is 2. The molecule has 0 saturated carbocycles. The van der Waals surface area contributed by atoms with Crippen LogP contribution in [0.3, 0.4) is 0 Å². The number of carbonyl (C=O) groups excluding carboxylic acids is 1. The normalized spacial score (nSPS) is 28.6. The van der Waals surface area contributed by atoms with Crippen LogP contribution in [-0.4, -0.2) is 24.7 Å². The van der Waals surface area contributed by atoms with Gasteiger partial charge in [-0.2, -0.15) is 0 Å². The first-order valence-corrected chi connectivity index (χ1v) is 8.26. The van der Waals surface area contributed by atoms with E-state index in [4.69, 9.17) is 10.5 Å². The Morgan fingerprint density at radius 1 is 1.30 bits per heavy atom. The van der Waals surface area contributed by atoms with Gasteiger partial charge in [-0.1, -0.05) is 38.1 Å². The fourth-order valence-electron chi connectivity index (χ4n) is 3.70. The van der Waals surface area contributed by atoms with Gasteiger partial charge >= 0.3 is 0 Å². The molecule has 3 atom stereocenters. The first-order chi connectivity index (χ1) is 10.5. The van der Waals surface area contributed by atoms with Crippen LogP contribution in [0.5, 0.6) is 0 Å². The number of carbonyl (C=O) groups is 1. The van der Waals surface area contributed by atoms with Gasteiger partial charge in [-0.25, -0.2) is 0 Å². The number of nitrogens with two attached hydrogens (primary N) is 1. The molecule has 1 saturated heterocycles. The van der Waals surface area contributed by atoms with E-state index in [1.54, 1.807) is 0 Å². The van der Waals surface area contributed by atoms with Gasteiger partial charge < -0.3 is 15.8 Å². The van der Waals surface area contributed by atoms with Crippen molar-refractivity contribution in [2.75, 3.05) is 6.54 Å². The number of ether oxygens (including phenoxy) is 1. The molecule has 4 nitrogen and oxygen atoms in total. The summed E-state index contributed by atoms with van der Waals surface area (Å²) >= 11 is 0. The third kappa shape index (κ3) is 3.70. The largest absolute Gasteiger partial charge is 0.364 e. The topological polar surface area (TPSA) is 64.4 Å². The zero-order chi connectivity index (χ0) is 15.7. The molecule has 1 aliphatic heterocycles. The van der Waals surface area contributed by atoms with Gasteiger partial charge in [0.05, 0.1) is 12.1 Å². The average Bonchev–Trinajstić information content (AvgIpc) is 2.99. The quantitative estimate of drug-likeness (QED) is 0.890. The van der Waals surface area contributed by atoms with E-state index < -0.39 is 0 Å². The molecule has 23 heavy (non-hydrogen) atoms. The van der Waals surface area contributed by atoms with Crippen LogP contribution < -0.4 is 11.1 Å². The Morgan fingerprint density at radius 3 is 2.74 bits per heavy atom. The van der Waals surface area contributed by atoms with Crippen LogP contribution in [0.2, 0.25) is 0 Å². The molecule has 1 amide bonds. The predicted octanol–water partition coefficient (Wildman–Crippen LogP) is 2.84. The van der Waals surface area contributed by atoms with E-state index in [-0.39, 0.29) is 42.0 Å². The molecule has 0 radical (unpaired) electrons. The summed E-state index contributed by atoms with van der Waals surface area (Å²) in [4.78, 5) is 12.5. The van der Waals surface area contributed by atoms with Crippen molar-refractivity contribution >= 4 is 18.3 Å². The summed E-state index contributed by atoms with van der Waals surface area (Å²) in [5.41, 5.74) is 8.39. The van der Waals surface area contributed by atoms with E-state index in [1.807, 2.05) is 0 Å². The predicted molar refractivity (Wildman–Crippen MR) is 93.8 cm³/mol. The van der Waals surface area contributed by atoms with Crippen molar-refractivity contribution in [2.24, 2.45) is 5.73 Å². The maximum atomic E-state index is 12.5. The van der Waals surface area contributed by atoms with Crippen LogP contribution in [-0.2, 0) is 14.9 Å². The Labute approximate surface area is 144 Å². The van der Waals surface area contributed by atoms with Crippen LogP contribution in [0.25, 0.3) is 0 Å². The van der Waals surface area contributed by atoms with E-state index in [0.29, 0.717) is 6.54 Å². The molecule has 2 aliphatic rings. The summed E-state index contributed by atoms with van der Waals surface area (Å²) < 4.78 is 5.71. The molecule has 1 aliphatic carbocycles. The maximum Gasteiger partial charge on any atom is 0.249 e. The zero-order valence-corrected chi connectivity index (χ0v) is 14.7. The van der Waals surface area contributed by atoms with E-state index in [1.165, 1.54) is 11.1 Å². The lowest BCUT2D eigenvalue weighted by molar-refractivity contribution is -0.132. The van der Waals surface area contributed by atoms with E-state index >= 15 is 0 Å². The number of benzene rings is 1. The summed E-state index contributed by atoms with van der Waals surface area (Å²) in [6.45, 7) is 5.04. The Balaban J connectivity index is 0.00000192. The molecule has 1 heterocycles. The molecule has 1 unspecified atom stereocenters. The van der Waals surface area contributed by atoms with Crippen LogP contribution in [0, 0.1) is 0 Å². The molecule has 1 aromatic rings. The third-order valence-electron chi connectivity index (χ3n) is 5.10. The standard InChI is InChI=1S/C18H26N2O2.ClH/c1-18(2)10-9-15(13-5-3-4-6-14(13)18)20-17(21)16-8-7-12(11-19)22-16;/h3-6,12,15-16H,7-11,19H2,1-2H3,(H,20,21);1H/t12-,15?,16+;/m1./s1. The van der Waals surface area contributed by atoms with Gasteiger partial charge in [0, 0.05) is 6.54 Å². The lowest BCUT2D eigenvalue weighted by Gasteiger charge is -2.37. The number of rotatable bonds is 3. The number of halogens is 1. The Kier molecular flexibility index (Phi) is 5.71. The summed E-state index contributed by atoms with van der Waals surface area (Å²) in [6.07, 6.45) is 3.40. The number of fused-ring (bicyclic) bond motifs is 1. The first kappa shape index (κ1) is 18.2. The molecule has 3 N–H and O–H groups in total. The van der Waals surface area contributed by atoms with Gasteiger partial charge in [0.15, 0.2) is 0 Å². The van der Waals surface area contributed by atoms with E-state index in [9.17, 15) is 4.79 Å². The highest BCUT2D eigenvalue weighted by Gasteiger charge is 2.35. The van der Waals surface area contributed by atoms with Crippen molar-refractivity contribution in [3.05, 3.63) is 35.4 Å². The summed E-state index contributed by atoms with van der Waals surface area (Å²) in [5, 5.41) is 3.19. The van der Waals surface area contributed by atoms with Gasteiger partial charge in [0.2, 0.25) is 5.91 Å². The van der Waals surface area contributed by atoms with Crippen molar-refractivity contribution in [2.45, 2.75) is 63.2 Å². The summed E-state index contributed by atoms with van der Waals surface area (Å²) in [5.74, 6) is 0.00968. The zero-order valence-electron chi connectivity index (χ0n) is 13.9. The minimum Gasteiger partial charge on any atom is -0.364 e. The van der Waals surface area contributed by atoms with Gasteiger partial charge in [-0.3, -0.25) is 4.79 Å². The molecular formula is C18H27ClN2O2.